The average molecular weight is 183 g/mol. The smallest absolute Gasteiger partial charge is 0.261 e. The zero-order chi connectivity index (χ0) is 9.90. The third kappa shape index (κ3) is 3.49. The van der Waals surface area contributed by atoms with E-state index in [0.29, 0.717) is 0 Å². The summed E-state index contributed by atoms with van der Waals surface area (Å²) in [4.78, 5) is 11.5. The van der Waals surface area contributed by atoms with E-state index in [9.17, 15) is 4.79 Å². The highest BCUT2D eigenvalue weighted by Gasteiger charge is 2.23. The first-order valence-corrected chi connectivity index (χ1v) is 4.61. The van der Waals surface area contributed by atoms with Gasteiger partial charge in [-0.3, -0.25) is 4.79 Å². The molecule has 0 saturated heterocycles. The summed E-state index contributed by atoms with van der Waals surface area (Å²) in [7, 11) is 0. The van der Waals surface area contributed by atoms with Crippen LogP contribution in [0.4, 0.5) is 0 Å². The van der Waals surface area contributed by atoms with Gasteiger partial charge in [0.05, 0.1) is 6.26 Å². The molecule has 0 saturated carbocycles. The van der Waals surface area contributed by atoms with E-state index in [1.54, 1.807) is 6.26 Å². The van der Waals surface area contributed by atoms with E-state index in [2.05, 4.69) is 5.32 Å². The van der Waals surface area contributed by atoms with Crippen LogP contribution in [0.3, 0.4) is 0 Å². The predicted molar refractivity (Wildman–Crippen MR) is 51.1 cm³/mol. The number of carbonyl (C=O) groups excluding carboxylic acids is 1. The molecule has 1 aliphatic rings. The molecule has 3 heteroatoms. The van der Waals surface area contributed by atoms with Crippen molar-refractivity contribution in [2.75, 3.05) is 0 Å². The van der Waals surface area contributed by atoms with Gasteiger partial charge < -0.3 is 10.1 Å². The molecule has 1 rings (SSSR count). The molecule has 1 amide bonds. The first kappa shape index (κ1) is 10.1. The highest BCUT2D eigenvalue weighted by atomic mass is 16.5. The Morgan fingerprint density at radius 3 is 2.69 bits per heavy atom. The van der Waals surface area contributed by atoms with Crippen LogP contribution in [0.5, 0.6) is 0 Å². The van der Waals surface area contributed by atoms with Crippen LogP contribution in [0, 0.1) is 0 Å². The average Bonchev–Trinajstić information content (AvgIpc) is 2.03. The van der Waals surface area contributed by atoms with Gasteiger partial charge in [-0.1, -0.05) is 0 Å². The molecule has 0 fully saturated rings. The molecule has 0 aromatic heterocycles. The van der Waals surface area contributed by atoms with E-state index < -0.39 is 0 Å². The van der Waals surface area contributed by atoms with Gasteiger partial charge in [-0.15, -0.1) is 0 Å². The van der Waals surface area contributed by atoms with Crippen molar-refractivity contribution in [3.63, 3.8) is 0 Å². The molecule has 1 unspecified atom stereocenters. The Balaban J connectivity index is 2.43. The molecule has 0 bridgehead atoms. The number of carbonyl (C=O) groups is 1. The highest BCUT2D eigenvalue weighted by molar-refractivity contribution is 5.81. The molecule has 1 atom stereocenters. The maximum Gasteiger partial charge on any atom is 0.261 e. The molecular formula is C10H17NO2. The van der Waals surface area contributed by atoms with Crippen molar-refractivity contribution in [3.05, 3.63) is 12.3 Å². The second kappa shape index (κ2) is 3.81. The Morgan fingerprint density at radius 1 is 1.54 bits per heavy atom. The Morgan fingerprint density at radius 2 is 2.23 bits per heavy atom. The van der Waals surface area contributed by atoms with Crippen LogP contribution in [-0.2, 0) is 9.53 Å². The van der Waals surface area contributed by atoms with E-state index in [1.165, 1.54) is 0 Å². The van der Waals surface area contributed by atoms with E-state index >= 15 is 0 Å². The van der Waals surface area contributed by atoms with Crippen LogP contribution in [-0.4, -0.2) is 17.6 Å². The Bertz CT molecular complexity index is 215. The normalized spacial score (nSPS) is 22.2. The monoisotopic (exact) mass is 183 g/mol. The number of allylic oxidation sites excluding steroid dienone is 1. The first-order chi connectivity index (χ1) is 5.99. The number of rotatable bonds is 1. The molecule has 0 aromatic carbocycles. The largest absolute Gasteiger partial charge is 0.489 e. The van der Waals surface area contributed by atoms with Crippen molar-refractivity contribution >= 4 is 5.91 Å². The van der Waals surface area contributed by atoms with Crippen LogP contribution in [0.1, 0.15) is 33.6 Å². The van der Waals surface area contributed by atoms with E-state index in [4.69, 9.17) is 4.74 Å². The van der Waals surface area contributed by atoms with Gasteiger partial charge in [-0.25, -0.2) is 0 Å². The van der Waals surface area contributed by atoms with Gasteiger partial charge in [-0.05, 0) is 39.7 Å². The SMILES string of the molecule is CC(C)(C)NC(=O)C1CCC=CO1. The van der Waals surface area contributed by atoms with Crippen LogP contribution in [0.15, 0.2) is 12.3 Å². The van der Waals surface area contributed by atoms with Crippen LogP contribution >= 0.6 is 0 Å². The fraction of sp³-hybridized carbons (Fsp3) is 0.700. The number of amides is 1. The second-order valence-corrected chi connectivity index (χ2v) is 4.31. The van der Waals surface area contributed by atoms with Crippen molar-refractivity contribution in [2.24, 2.45) is 0 Å². The van der Waals surface area contributed by atoms with E-state index in [-0.39, 0.29) is 17.6 Å². The molecule has 0 spiro atoms. The molecule has 1 aliphatic heterocycles. The molecule has 0 aliphatic carbocycles. The number of hydrogen-bond donors (Lipinski definition) is 1. The summed E-state index contributed by atoms with van der Waals surface area (Å²) in [5.74, 6) is -0.0168. The maximum atomic E-state index is 11.5. The molecule has 0 radical (unpaired) electrons. The first-order valence-electron chi connectivity index (χ1n) is 4.61. The topological polar surface area (TPSA) is 38.3 Å². The maximum absolute atomic E-state index is 11.5. The summed E-state index contributed by atoms with van der Waals surface area (Å²) in [5, 5.41) is 2.89. The fourth-order valence-corrected chi connectivity index (χ4v) is 1.18. The Kier molecular flexibility index (Phi) is 2.96. The van der Waals surface area contributed by atoms with Crippen molar-refractivity contribution in [1.29, 1.82) is 0 Å². The standard InChI is InChI=1S/C10H17NO2/c1-10(2,3)11-9(12)8-6-4-5-7-13-8/h5,7-8H,4,6H2,1-3H3,(H,11,12). The lowest BCUT2D eigenvalue weighted by molar-refractivity contribution is -0.131. The van der Waals surface area contributed by atoms with Gasteiger partial charge >= 0.3 is 0 Å². The van der Waals surface area contributed by atoms with Gasteiger partial charge in [0.25, 0.3) is 5.91 Å². The lowest BCUT2D eigenvalue weighted by Gasteiger charge is -2.25. The molecule has 1 N–H and O–H groups in total. The van der Waals surface area contributed by atoms with Crippen LogP contribution in [0.2, 0.25) is 0 Å². The minimum Gasteiger partial charge on any atom is -0.489 e. The summed E-state index contributed by atoms with van der Waals surface area (Å²) >= 11 is 0. The molecule has 1 heterocycles. The van der Waals surface area contributed by atoms with Crippen molar-refractivity contribution < 1.29 is 9.53 Å². The zero-order valence-corrected chi connectivity index (χ0v) is 8.46. The van der Waals surface area contributed by atoms with Crippen molar-refractivity contribution in [3.8, 4) is 0 Å². The molecular weight excluding hydrogens is 166 g/mol. The number of nitrogens with one attached hydrogen (secondary N) is 1. The minimum atomic E-state index is -0.302. The Labute approximate surface area is 79.2 Å². The fourth-order valence-electron chi connectivity index (χ4n) is 1.18. The lowest BCUT2D eigenvalue weighted by Crippen LogP contribution is -2.46. The predicted octanol–water partition coefficient (Wildman–Crippen LogP) is 1.59. The van der Waals surface area contributed by atoms with Crippen LogP contribution < -0.4 is 5.32 Å². The summed E-state index contributed by atoms with van der Waals surface area (Å²) in [5.41, 5.74) is -0.179. The van der Waals surface area contributed by atoms with Crippen molar-refractivity contribution in [1.82, 2.24) is 5.32 Å². The molecule has 74 valence electrons. The summed E-state index contributed by atoms with van der Waals surface area (Å²) in [6.07, 6.45) is 4.93. The van der Waals surface area contributed by atoms with Gasteiger partial charge in [0.15, 0.2) is 6.10 Å². The molecule has 0 aromatic rings. The quantitative estimate of drug-likeness (QED) is 0.670. The third-order valence-electron chi connectivity index (χ3n) is 1.73. The lowest BCUT2D eigenvalue weighted by atomic mass is 10.1. The van der Waals surface area contributed by atoms with Gasteiger partial charge in [0.2, 0.25) is 0 Å². The van der Waals surface area contributed by atoms with E-state index in [0.717, 1.165) is 12.8 Å². The minimum absolute atomic E-state index is 0.0168. The molecule has 3 nitrogen and oxygen atoms in total. The summed E-state index contributed by atoms with van der Waals surface area (Å²) in [6.45, 7) is 5.89. The van der Waals surface area contributed by atoms with E-state index in [1.807, 2.05) is 26.8 Å². The summed E-state index contributed by atoms with van der Waals surface area (Å²) < 4.78 is 5.19. The van der Waals surface area contributed by atoms with Gasteiger partial charge in [0.1, 0.15) is 0 Å². The van der Waals surface area contributed by atoms with Gasteiger partial charge in [-0.2, -0.15) is 0 Å². The van der Waals surface area contributed by atoms with Crippen LogP contribution in [0.25, 0.3) is 0 Å². The number of ether oxygens (including phenoxy) is 1. The number of hydrogen-bond acceptors (Lipinski definition) is 2. The highest BCUT2D eigenvalue weighted by Crippen LogP contribution is 2.11. The molecule has 13 heavy (non-hydrogen) atoms. The second-order valence-electron chi connectivity index (χ2n) is 4.31. The zero-order valence-electron chi connectivity index (χ0n) is 8.46. The summed E-state index contributed by atoms with van der Waals surface area (Å²) in [6, 6.07) is 0. The van der Waals surface area contributed by atoms with Gasteiger partial charge in [0, 0.05) is 5.54 Å². The van der Waals surface area contributed by atoms with Crippen molar-refractivity contribution in [2.45, 2.75) is 45.3 Å². The Hall–Kier alpha value is -0.990. The third-order valence-corrected chi connectivity index (χ3v) is 1.73.